The summed E-state index contributed by atoms with van der Waals surface area (Å²) in [5.41, 5.74) is 6.65. The average Bonchev–Trinajstić information content (AvgIpc) is 3.17. The Labute approximate surface area is 175 Å². The Morgan fingerprint density at radius 2 is 1.77 bits per heavy atom. The molecule has 3 heterocycles. The van der Waals surface area contributed by atoms with Crippen molar-refractivity contribution in [2.24, 2.45) is 7.05 Å². The molecule has 0 fully saturated rings. The topological polar surface area (TPSA) is 113 Å². The quantitative estimate of drug-likeness (QED) is 0.483. The molecule has 0 spiro atoms. The number of nitrogens with one attached hydrogen (secondary N) is 1. The average molecular weight is 427 g/mol. The molecule has 0 saturated carbocycles. The van der Waals surface area contributed by atoms with E-state index < -0.39 is 11.6 Å². The number of nitrogens with two attached hydrogens (primary N) is 1. The van der Waals surface area contributed by atoms with Gasteiger partial charge in [-0.25, -0.2) is 23.7 Å². The molecule has 31 heavy (non-hydrogen) atoms. The first-order valence-electron chi connectivity index (χ1n) is 9.16. The predicted molar refractivity (Wildman–Crippen MR) is 111 cm³/mol. The second kappa shape index (κ2) is 8.01. The lowest BCUT2D eigenvalue weighted by atomic mass is 10.1. The van der Waals surface area contributed by atoms with E-state index in [1.807, 2.05) is 6.20 Å². The molecule has 9 nitrogen and oxygen atoms in total. The lowest BCUT2D eigenvalue weighted by Crippen LogP contribution is -2.06. The zero-order valence-corrected chi connectivity index (χ0v) is 17.0. The van der Waals surface area contributed by atoms with Gasteiger partial charge in [-0.2, -0.15) is 5.10 Å². The van der Waals surface area contributed by atoms with Crippen molar-refractivity contribution in [3.8, 4) is 22.8 Å². The van der Waals surface area contributed by atoms with E-state index in [1.165, 1.54) is 26.5 Å². The van der Waals surface area contributed by atoms with E-state index in [9.17, 15) is 0 Å². The van der Waals surface area contributed by atoms with Gasteiger partial charge in [-0.05, 0) is 6.07 Å². The van der Waals surface area contributed by atoms with Crippen molar-refractivity contribution < 1.29 is 18.3 Å². The number of pyridine rings is 1. The van der Waals surface area contributed by atoms with Gasteiger partial charge >= 0.3 is 0 Å². The number of halogens is 2. The minimum atomic E-state index is -0.901. The Hall–Kier alpha value is -4.02. The number of hydrogen-bond acceptors (Lipinski definition) is 8. The van der Waals surface area contributed by atoms with Crippen molar-refractivity contribution >= 4 is 22.7 Å². The molecule has 3 N–H and O–H groups in total. The van der Waals surface area contributed by atoms with Gasteiger partial charge < -0.3 is 20.5 Å². The smallest absolute Gasteiger partial charge is 0.220 e. The number of nitrogens with zero attached hydrogens (tertiary/aromatic N) is 5. The molecule has 0 unspecified atom stereocenters. The van der Waals surface area contributed by atoms with E-state index in [-0.39, 0.29) is 34.5 Å². The molecule has 160 valence electrons. The highest BCUT2D eigenvalue weighted by molar-refractivity contribution is 5.91. The molecule has 0 atom stereocenters. The third-order valence-electron chi connectivity index (χ3n) is 4.63. The molecule has 0 aliphatic carbocycles. The highest BCUT2D eigenvalue weighted by atomic mass is 19.1. The molecule has 3 aromatic heterocycles. The zero-order valence-electron chi connectivity index (χ0n) is 17.0. The summed E-state index contributed by atoms with van der Waals surface area (Å²) in [7, 11) is 4.36. The maximum Gasteiger partial charge on any atom is 0.220 e. The first kappa shape index (κ1) is 20.3. The summed E-state index contributed by atoms with van der Waals surface area (Å²) in [6.07, 6.45) is 4.98. The number of aromatic nitrogens is 5. The van der Waals surface area contributed by atoms with E-state index in [1.54, 1.807) is 17.9 Å². The van der Waals surface area contributed by atoms with Crippen molar-refractivity contribution in [3.05, 3.63) is 47.9 Å². The summed E-state index contributed by atoms with van der Waals surface area (Å²) in [6.45, 7) is 0.357. The first-order valence-corrected chi connectivity index (χ1v) is 9.16. The SMILES string of the molecule is COc1cc(OC)c(F)c(-c2cc3cnc(N)nc3c(NCc3cnn(C)c3)n2)c1F. The Morgan fingerprint density at radius 3 is 2.39 bits per heavy atom. The number of methoxy groups -OCH3 is 2. The predicted octanol–water partition coefficient (Wildman–Crippen LogP) is 2.92. The second-order valence-corrected chi connectivity index (χ2v) is 6.68. The first-order chi connectivity index (χ1) is 14.9. The van der Waals surface area contributed by atoms with Gasteiger partial charge in [0.2, 0.25) is 5.95 Å². The van der Waals surface area contributed by atoms with Crippen LogP contribution in [0.1, 0.15) is 5.56 Å². The van der Waals surface area contributed by atoms with Crippen LogP contribution in [0, 0.1) is 11.6 Å². The van der Waals surface area contributed by atoms with Crippen LogP contribution in [-0.2, 0) is 13.6 Å². The van der Waals surface area contributed by atoms with E-state index in [0.29, 0.717) is 17.4 Å². The van der Waals surface area contributed by atoms with Crippen molar-refractivity contribution in [1.29, 1.82) is 0 Å². The van der Waals surface area contributed by atoms with Crippen LogP contribution in [0.25, 0.3) is 22.2 Å². The van der Waals surface area contributed by atoms with E-state index in [2.05, 4.69) is 25.4 Å². The summed E-state index contributed by atoms with van der Waals surface area (Å²) in [5, 5.41) is 7.74. The summed E-state index contributed by atoms with van der Waals surface area (Å²) in [6, 6.07) is 2.62. The molecule has 0 aliphatic heterocycles. The van der Waals surface area contributed by atoms with Crippen molar-refractivity contribution in [3.63, 3.8) is 0 Å². The van der Waals surface area contributed by atoms with Crippen LogP contribution in [0.3, 0.4) is 0 Å². The molecule has 0 aliphatic rings. The van der Waals surface area contributed by atoms with Crippen molar-refractivity contribution in [2.45, 2.75) is 6.54 Å². The van der Waals surface area contributed by atoms with Gasteiger partial charge in [0.25, 0.3) is 0 Å². The molecule has 0 amide bonds. The summed E-state index contributed by atoms with van der Waals surface area (Å²) in [5.74, 6) is -1.82. The van der Waals surface area contributed by atoms with Gasteiger partial charge in [0.05, 0.1) is 31.7 Å². The molecule has 0 radical (unpaired) electrons. The number of nitrogen functional groups attached to an aromatic ring is 1. The Bertz CT molecular complexity index is 1250. The molecule has 4 rings (SSSR count). The highest BCUT2D eigenvalue weighted by Crippen LogP contribution is 2.38. The number of fused-ring (bicyclic) bond motifs is 1. The third-order valence-corrected chi connectivity index (χ3v) is 4.63. The number of anilines is 2. The molecular weight excluding hydrogens is 408 g/mol. The zero-order chi connectivity index (χ0) is 22.1. The largest absolute Gasteiger partial charge is 0.494 e. The van der Waals surface area contributed by atoms with Crippen LogP contribution in [0.2, 0.25) is 0 Å². The van der Waals surface area contributed by atoms with Crippen LogP contribution in [-0.4, -0.2) is 39.0 Å². The maximum absolute atomic E-state index is 15.0. The van der Waals surface area contributed by atoms with Gasteiger partial charge in [0.15, 0.2) is 29.0 Å². The van der Waals surface area contributed by atoms with Crippen molar-refractivity contribution in [2.75, 3.05) is 25.3 Å². The fourth-order valence-electron chi connectivity index (χ4n) is 3.16. The minimum absolute atomic E-state index is 0.0155. The van der Waals surface area contributed by atoms with Gasteiger partial charge in [-0.15, -0.1) is 0 Å². The number of rotatable bonds is 6. The van der Waals surface area contributed by atoms with E-state index >= 15 is 8.78 Å². The fraction of sp³-hybridized carbons (Fsp3) is 0.200. The summed E-state index contributed by atoms with van der Waals surface area (Å²) in [4.78, 5) is 12.6. The normalized spacial score (nSPS) is 11.0. The molecule has 0 bridgehead atoms. The Kier molecular flexibility index (Phi) is 5.24. The second-order valence-electron chi connectivity index (χ2n) is 6.68. The van der Waals surface area contributed by atoms with Crippen LogP contribution in [0.5, 0.6) is 11.5 Å². The number of benzene rings is 1. The standard InChI is InChI=1S/C20H19F2N7O2/c1-29-9-10(7-26-29)6-24-19-18-11(8-25-20(23)28-18)4-12(27-19)15-16(21)13(30-2)5-14(31-3)17(15)22/h4-5,7-9H,6H2,1-3H3,(H,24,27)(H2,23,25,28). The third kappa shape index (κ3) is 3.77. The monoisotopic (exact) mass is 427 g/mol. The van der Waals surface area contributed by atoms with Gasteiger partial charge in [-0.1, -0.05) is 0 Å². The van der Waals surface area contributed by atoms with Crippen LogP contribution < -0.4 is 20.5 Å². The minimum Gasteiger partial charge on any atom is -0.494 e. The Balaban J connectivity index is 1.89. The van der Waals surface area contributed by atoms with E-state index in [4.69, 9.17) is 15.2 Å². The van der Waals surface area contributed by atoms with Crippen LogP contribution >= 0.6 is 0 Å². The number of ether oxygens (including phenoxy) is 2. The fourth-order valence-corrected chi connectivity index (χ4v) is 3.16. The highest BCUT2D eigenvalue weighted by Gasteiger charge is 2.24. The number of aryl methyl sites for hydroxylation is 1. The van der Waals surface area contributed by atoms with E-state index in [0.717, 1.165) is 11.6 Å². The van der Waals surface area contributed by atoms with Crippen molar-refractivity contribution in [1.82, 2.24) is 24.7 Å². The van der Waals surface area contributed by atoms with Gasteiger partial charge in [0.1, 0.15) is 5.52 Å². The summed E-state index contributed by atoms with van der Waals surface area (Å²) >= 11 is 0. The molecule has 11 heteroatoms. The van der Waals surface area contributed by atoms with Gasteiger partial charge in [0, 0.05) is 43.0 Å². The lowest BCUT2D eigenvalue weighted by Gasteiger charge is -2.14. The van der Waals surface area contributed by atoms with Crippen LogP contribution in [0.15, 0.2) is 30.7 Å². The Morgan fingerprint density at radius 1 is 1.06 bits per heavy atom. The maximum atomic E-state index is 15.0. The molecule has 0 saturated heterocycles. The van der Waals surface area contributed by atoms with Crippen LogP contribution in [0.4, 0.5) is 20.5 Å². The molecular formula is C20H19F2N7O2. The van der Waals surface area contributed by atoms with Gasteiger partial charge in [-0.3, -0.25) is 4.68 Å². The molecule has 1 aromatic carbocycles. The number of hydrogen-bond donors (Lipinski definition) is 2. The lowest BCUT2D eigenvalue weighted by molar-refractivity contribution is 0.359. The molecule has 4 aromatic rings. The summed E-state index contributed by atoms with van der Waals surface area (Å²) < 4.78 is 41.8.